The van der Waals surface area contributed by atoms with Crippen LogP contribution in [-0.4, -0.2) is 10.3 Å². The molecule has 2 nitrogen and oxygen atoms in total. The Labute approximate surface area is 258 Å². The van der Waals surface area contributed by atoms with E-state index in [1.165, 1.54) is 32.9 Å². The van der Waals surface area contributed by atoms with Gasteiger partial charge in [0.15, 0.2) is 0 Å². The number of hydrogen-bond acceptors (Lipinski definition) is 1. The van der Waals surface area contributed by atoms with Gasteiger partial charge in [-0.15, -0.1) is 0 Å². The topological polar surface area (TPSA) is 17.3 Å². The molecule has 0 unspecified atom stereocenters. The van der Waals surface area contributed by atoms with Gasteiger partial charge in [0.1, 0.15) is 0 Å². The second kappa shape index (κ2) is 11.9. The Balaban J connectivity index is 1.17. The molecule has 0 aliphatic heterocycles. The maximum Gasteiger partial charge on any atom is 0.0711 e. The van der Waals surface area contributed by atoms with Crippen molar-refractivity contribution in [3.05, 3.63) is 187 Å². The second-order valence-corrected chi connectivity index (χ2v) is 11.0. The molecule has 0 atom stereocenters. The van der Waals surface area contributed by atoms with Crippen LogP contribution < -0.4 is 0 Å². The Morgan fingerprint density at radius 1 is 0.523 bits per heavy atom. The number of allylic oxidation sites excluding steroid dienone is 2. The van der Waals surface area contributed by atoms with Crippen molar-refractivity contribution >= 4 is 38.8 Å². The molecule has 7 aromatic rings. The van der Waals surface area contributed by atoms with Crippen molar-refractivity contribution in [2.24, 2.45) is 4.99 Å². The summed E-state index contributed by atoms with van der Waals surface area (Å²) in [6.07, 6.45) is 2.08. The standard InChI is InChI=1S/C42H32N2/c1-30(29-40(36-15-7-4-8-16-36)43-31(2)33-13-5-3-6-14-33)32-21-23-34(24-22-32)35-25-27-37(28-26-35)44-41-19-11-9-17-38(41)39-18-10-12-20-42(39)44/h3-29H,1H2,2H3/b40-29-,43-31?. The third kappa shape index (κ3) is 5.30. The molecule has 1 aromatic heterocycles. The lowest BCUT2D eigenvalue weighted by atomic mass is 9.99. The van der Waals surface area contributed by atoms with Gasteiger partial charge in [0.25, 0.3) is 0 Å². The number of benzene rings is 6. The van der Waals surface area contributed by atoms with Crippen LogP contribution in [0.4, 0.5) is 0 Å². The van der Waals surface area contributed by atoms with E-state index in [1.807, 2.05) is 36.4 Å². The molecule has 0 N–H and O–H groups in total. The first kappa shape index (κ1) is 27.1. The molecule has 6 aromatic carbocycles. The zero-order chi connectivity index (χ0) is 29.9. The van der Waals surface area contributed by atoms with Crippen molar-refractivity contribution in [1.29, 1.82) is 0 Å². The lowest BCUT2D eigenvalue weighted by molar-refractivity contribution is 1.18. The first-order valence-electron chi connectivity index (χ1n) is 14.9. The highest BCUT2D eigenvalue weighted by Gasteiger charge is 2.11. The second-order valence-electron chi connectivity index (χ2n) is 11.0. The van der Waals surface area contributed by atoms with Crippen molar-refractivity contribution in [2.45, 2.75) is 6.92 Å². The van der Waals surface area contributed by atoms with Gasteiger partial charge in [-0.1, -0.05) is 140 Å². The van der Waals surface area contributed by atoms with E-state index >= 15 is 0 Å². The molecule has 44 heavy (non-hydrogen) atoms. The number of rotatable bonds is 7. The Morgan fingerprint density at radius 2 is 1.00 bits per heavy atom. The van der Waals surface area contributed by atoms with Crippen LogP contribution in [-0.2, 0) is 0 Å². The van der Waals surface area contributed by atoms with Crippen LogP contribution in [0.2, 0.25) is 0 Å². The van der Waals surface area contributed by atoms with Gasteiger partial charge in [-0.05, 0) is 65.1 Å². The number of aliphatic imine (C=N–C) groups is 1. The van der Waals surface area contributed by atoms with Gasteiger partial charge in [0, 0.05) is 27.7 Å². The molecule has 0 aliphatic rings. The fourth-order valence-corrected chi connectivity index (χ4v) is 5.84. The van der Waals surface area contributed by atoms with Crippen LogP contribution in [0.3, 0.4) is 0 Å². The summed E-state index contributed by atoms with van der Waals surface area (Å²) in [6, 6.07) is 55.3. The Kier molecular flexibility index (Phi) is 7.32. The highest BCUT2D eigenvalue weighted by atomic mass is 15.0. The SMILES string of the molecule is C=C(/C=C(\N=C(C)c1ccccc1)c1ccccc1)c1ccc(-c2ccc(-n3c4ccccc4c4ccccc43)cc2)cc1. The fraction of sp³-hybridized carbons (Fsp3) is 0.0238. The molecular formula is C42H32N2. The summed E-state index contributed by atoms with van der Waals surface area (Å²) >= 11 is 0. The smallest absolute Gasteiger partial charge is 0.0711 e. The number of hydrogen-bond donors (Lipinski definition) is 0. The fourth-order valence-electron chi connectivity index (χ4n) is 5.84. The van der Waals surface area contributed by atoms with Crippen LogP contribution in [0.25, 0.3) is 49.9 Å². The van der Waals surface area contributed by atoms with Crippen molar-refractivity contribution in [2.75, 3.05) is 0 Å². The molecule has 0 bridgehead atoms. The van der Waals surface area contributed by atoms with Gasteiger partial charge < -0.3 is 4.57 Å². The lowest BCUT2D eigenvalue weighted by Crippen LogP contribution is -1.95. The van der Waals surface area contributed by atoms with Crippen LogP contribution in [0.1, 0.15) is 23.6 Å². The van der Waals surface area contributed by atoms with Crippen molar-refractivity contribution < 1.29 is 0 Å². The van der Waals surface area contributed by atoms with Crippen LogP contribution in [0.15, 0.2) is 175 Å². The van der Waals surface area contributed by atoms with E-state index in [1.54, 1.807) is 0 Å². The van der Waals surface area contributed by atoms with Gasteiger partial charge in [0.2, 0.25) is 0 Å². The molecule has 0 spiro atoms. The maximum absolute atomic E-state index is 5.03. The van der Waals surface area contributed by atoms with E-state index in [4.69, 9.17) is 4.99 Å². The molecule has 1 heterocycles. The molecule has 0 amide bonds. The van der Waals surface area contributed by atoms with E-state index in [-0.39, 0.29) is 0 Å². The summed E-state index contributed by atoms with van der Waals surface area (Å²) in [7, 11) is 0. The largest absolute Gasteiger partial charge is 0.309 e. The minimum atomic E-state index is 0.890. The summed E-state index contributed by atoms with van der Waals surface area (Å²) in [4.78, 5) is 5.03. The summed E-state index contributed by atoms with van der Waals surface area (Å²) < 4.78 is 2.35. The summed E-state index contributed by atoms with van der Waals surface area (Å²) in [5.74, 6) is 0. The molecule has 0 saturated carbocycles. The zero-order valence-corrected chi connectivity index (χ0v) is 24.7. The van der Waals surface area contributed by atoms with Crippen LogP contribution in [0, 0.1) is 0 Å². The van der Waals surface area contributed by atoms with Crippen LogP contribution in [0.5, 0.6) is 0 Å². The highest BCUT2D eigenvalue weighted by molar-refractivity contribution is 6.09. The van der Waals surface area contributed by atoms with E-state index in [9.17, 15) is 0 Å². The molecule has 7 rings (SSSR count). The van der Waals surface area contributed by atoms with Crippen molar-refractivity contribution in [3.63, 3.8) is 0 Å². The van der Waals surface area contributed by atoms with E-state index < -0.39 is 0 Å². The van der Waals surface area contributed by atoms with Crippen molar-refractivity contribution in [1.82, 2.24) is 4.57 Å². The first-order chi connectivity index (χ1) is 21.7. The zero-order valence-electron chi connectivity index (χ0n) is 24.7. The predicted molar refractivity (Wildman–Crippen MR) is 188 cm³/mol. The highest BCUT2D eigenvalue weighted by Crippen LogP contribution is 2.33. The Morgan fingerprint density at radius 3 is 1.57 bits per heavy atom. The van der Waals surface area contributed by atoms with E-state index in [0.717, 1.165) is 39.4 Å². The first-order valence-corrected chi connectivity index (χ1v) is 14.9. The minimum Gasteiger partial charge on any atom is -0.309 e. The van der Waals surface area contributed by atoms with Gasteiger partial charge in [-0.3, -0.25) is 4.99 Å². The third-order valence-electron chi connectivity index (χ3n) is 8.15. The molecular weight excluding hydrogens is 532 g/mol. The van der Waals surface area contributed by atoms with Gasteiger partial charge >= 0.3 is 0 Å². The molecule has 0 radical (unpaired) electrons. The molecule has 2 heteroatoms. The summed E-state index contributed by atoms with van der Waals surface area (Å²) in [5, 5.41) is 2.54. The number of nitrogens with zero attached hydrogens (tertiary/aromatic N) is 2. The maximum atomic E-state index is 5.03. The van der Waals surface area contributed by atoms with Gasteiger partial charge in [-0.2, -0.15) is 0 Å². The minimum absolute atomic E-state index is 0.890. The molecule has 0 saturated heterocycles. The Bertz CT molecular complexity index is 2090. The lowest BCUT2D eigenvalue weighted by Gasteiger charge is -2.10. The molecule has 0 fully saturated rings. The summed E-state index contributed by atoms with van der Waals surface area (Å²) in [6.45, 7) is 6.47. The van der Waals surface area contributed by atoms with Gasteiger partial charge in [-0.25, -0.2) is 0 Å². The predicted octanol–water partition coefficient (Wildman–Crippen LogP) is 11.0. The van der Waals surface area contributed by atoms with Crippen LogP contribution >= 0.6 is 0 Å². The van der Waals surface area contributed by atoms with Crippen molar-refractivity contribution in [3.8, 4) is 16.8 Å². The average Bonchev–Trinajstić information content (AvgIpc) is 3.43. The number of fused-ring (bicyclic) bond motifs is 3. The molecule has 210 valence electrons. The number of para-hydroxylation sites is 2. The number of aromatic nitrogens is 1. The third-order valence-corrected chi connectivity index (χ3v) is 8.15. The monoisotopic (exact) mass is 564 g/mol. The van der Waals surface area contributed by atoms with E-state index in [2.05, 4.69) is 145 Å². The normalized spacial score (nSPS) is 12.1. The summed E-state index contributed by atoms with van der Waals surface area (Å²) in [5.41, 5.74) is 11.9. The quantitative estimate of drug-likeness (QED) is 0.135. The van der Waals surface area contributed by atoms with Gasteiger partial charge in [0.05, 0.1) is 16.7 Å². The molecule has 0 aliphatic carbocycles. The Hall–Kier alpha value is -5.73. The average molecular weight is 565 g/mol. The van der Waals surface area contributed by atoms with E-state index in [0.29, 0.717) is 0 Å².